The number of rotatable bonds is 6. The van der Waals surface area contributed by atoms with E-state index in [4.69, 9.17) is 5.73 Å². The summed E-state index contributed by atoms with van der Waals surface area (Å²) in [5, 5.41) is 0. The average Bonchev–Trinajstić information content (AvgIpc) is 2.25. The molecule has 0 aliphatic carbocycles. The Labute approximate surface area is 119 Å². The lowest BCUT2D eigenvalue weighted by Crippen LogP contribution is -2.35. The number of sulfonamides is 1. The third-order valence-electron chi connectivity index (χ3n) is 2.23. The van der Waals surface area contributed by atoms with Gasteiger partial charge >= 0.3 is 6.36 Å². The standard InChI is InChI=1S/C11H13F3N2O4S/c1-7(6-10(15)17)16-21(18,19)9-4-2-8(3-5-9)20-11(12,13)14/h2-5,7,16H,6H2,1H3,(H2,15,17). The summed E-state index contributed by atoms with van der Waals surface area (Å²) >= 11 is 0. The van der Waals surface area contributed by atoms with Crippen LogP contribution < -0.4 is 15.2 Å². The van der Waals surface area contributed by atoms with Crippen LogP contribution in [0.4, 0.5) is 13.2 Å². The first-order chi connectivity index (χ1) is 9.49. The zero-order valence-corrected chi connectivity index (χ0v) is 11.7. The maximum Gasteiger partial charge on any atom is 0.573 e. The molecule has 21 heavy (non-hydrogen) atoms. The van der Waals surface area contributed by atoms with Gasteiger partial charge in [0.15, 0.2) is 0 Å². The lowest BCUT2D eigenvalue weighted by Gasteiger charge is -2.13. The van der Waals surface area contributed by atoms with Gasteiger partial charge in [-0.1, -0.05) is 0 Å². The van der Waals surface area contributed by atoms with Gasteiger partial charge in [-0.2, -0.15) is 0 Å². The summed E-state index contributed by atoms with van der Waals surface area (Å²) in [6.45, 7) is 1.43. The van der Waals surface area contributed by atoms with Gasteiger partial charge in [0.1, 0.15) is 5.75 Å². The predicted molar refractivity (Wildman–Crippen MR) is 66.7 cm³/mol. The SMILES string of the molecule is CC(CC(N)=O)NS(=O)(=O)c1ccc(OC(F)(F)F)cc1. The summed E-state index contributed by atoms with van der Waals surface area (Å²) < 4.78 is 65.5. The summed E-state index contributed by atoms with van der Waals surface area (Å²) in [6.07, 6.45) is -5.05. The number of nitrogens with two attached hydrogens (primary N) is 1. The molecule has 3 N–H and O–H groups in total. The second-order valence-corrected chi connectivity index (χ2v) is 5.93. The zero-order valence-electron chi connectivity index (χ0n) is 10.8. The average molecular weight is 326 g/mol. The molecule has 1 unspecified atom stereocenters. The molecular weight excluding hydrogens is 313 g/mol. The maximum absolute atomic E-state index is 12.0. The quantitative estimate of drug-likeness (QED) is 0.818. The number of ether oxygens (including phenoxy) is 1. The molecule has 0 saturated carbocycles. The minimum atomic E-state index is -4.85. The van der Waals surface area contributed by atoms with Gasteiger partial charge in [-0.25, -0.2) is 13.1 Å². The topological polar surface area (TPSA) is 98.5 Å². The number of primary amides is 1. The van der Waals surface area contributed by atoms with Crippen molar-refractivity contribution >= 4 is 15.9 Å². The Hall–Kier alpha value is -1.81. The summed E-state index contributed by atoms with van der Waals surface area (Å²) in [4.78, 5) is 10.4. The van der Waals surface area contributed by atoms with E-state index in [9.17, 15) is 26.4 Å². The molecule has 0 fully saturated rings. The molecule has 0 aliphatic heterocycles. The number of amides is 1. The Kier molecular flexibility index (Phi) is 5.18. The lowest BCUT2D eigenvalue weighted by molar-refractivity contribution is -0.274. The Morgan fingerprint density at radius 3 is 2.29 bits per heavy atom. The monoisotopic (exact) mass is 326 g/mol. The number of carbonyl (C=O) groups is 1. The van der Waals surface area contributed by atoms with Gasteiger partial charge in [-0.05, 0) is 31.2 Å². The van der Waals surface area contributed by atoms with Crippen LogP contribution in [-0.2, 0) is 14.8 Å². The number of alkyl halides is 3. The summed E-state index contributed by atoms with van der Waals surface area (Å²) in [6, 6.07) is 2.93. The zero-order chi connectivity index (χ0) is 16.3. The number of benzene rings is 1. The van der Waals surface area contributed by atoms with Crippen LogP contribution in [0.15, 0.2) is 29.2 Å². The fourth-order valence-electron chi connectivity index (χ4n) is 1.50. The van der Waals surface area contributed by atoms with Crippen LogP contribution in [0.25, 0.3) is 0 Å². The molecule has 0 saturated heterocycles. The van der Waals surface area contributed by atoms with Gasteiger partial charge in [0.25, 0.3) is 0 Å². The van der Waals surface area contributed by atoms with Crippen LogP contribution >= 0.6 is 0 Å². The number of halogens is 3. The van der Waals surface area contributed by atoms with E-state index in [2.05, 4.69) is 9.46 Å². The van der Waals surface area contributed by atoms with Gasteiger partial charge in [-0.15, -0.1) is 13.2 Å². The molecule has 6 nitrogen and oxygen atoms in total. The molecule has 1 aromatic rings. The van der Waals surface area contributed by atoms with Gasteiger partial charge in [0.05, 0.1) is 4.90 Å². The van der Waals surface area contributed by atoms with E-state index < -0.39 is 34.1 Å². The van der Waals surface area contributed by atoms with Crippen molar-refractivity contribution in [2.75, 3.05) is 0 Å². The van der Waals surface area contributed by atoms with E-state index >= 15 is 0 Å². The first kappa shape index (κ1) is 17.2. The van der Waals surface area contributed by atoms with Gasteiger partial charge in [0, 0.05) is 12.5 Å². The molecule has 1 rings (SSSR count). The molecule has 1 amide bonds. The Balaban J connectivity index is 2.82. The molecule has 1 aromatic carbocycles. The fourth-order valence-corrected chi connectivity index (χ4v) is 2.74. The molecule has 0 aromatic heterocycles. The third kappa shape index (κ3) is 6.00. The summed E-state index contributed by atoms with van der Waals surface area (Å²) in [7, 11) is -3.96. The molecular formula is C11H13F3N2O4S. The second kappa shape index (κ2) is 6.31. The maximum atomic E-state index is 12.0. The van der Waals surface area contributed by atoms with E-state index in [-0.39, 0.29) is 11.3 Å². The predicted octanol–water partition coefficient (Wildman–Crippen LogP) is 1.13. The van der Waals surface area contributed by atoms with Crippen molar-refractivity contribution < 1.29 is 31.1 Å². The highest BCUT2D eigenvalue weighted by molar-refractivity contribution is 7.89. The van der Waals surface area contributed by atoms with Gasteiger partial charge in [0.2, 0.25) is 15.9 Å². The van der Waals surface area contributed by atoms with Crippen molar-refractivity contribution in [3.63, 3.8) is 0 Å². The van der Waals surface area contributed by atoms with Crippen LogP contribution in [0, 0.1) is 0 Å². The van der Waals surface area contributed by atoms with Crippen molar-refractivity contribution in [2.45, 2.75) is 30.6 Å². The van der Waals surface area contributed by atoms with Crippen molar-refractivity contribution in [2.24, 2.45) is 5.73 Å². The van der Waals surface area contributed by atoms with Gasteiger partial charge < -0.3 is 10.5 Å². The van der Waals surface area contributed by atoms with Crippen LogP contribution in [0.1, 0.15) is 13.3 Å². The third-order valence-corrected chi connectivity index (χ3v) is 3.84. The molecule has 0 radical (unpaired) electrons. The van der Waals surface area contributed by atoms with Crippen molar-refractivity contribution in [3.05, 3.63) is 24.3 Å². The van der Waals surface area contributed by atoms with Crippen LogP contribution in [-0.4, -0.2) is 26.7 Å². The van der Waals surface area contributed by atoms with E-state index in [1.807, 2.05) is 0 Å². The molecule has 0 bridgehead atoms. The first-order valence-electron chi connectivity index (χ1n) is 5.66. The smallest absolute Gasteiger partial charge is 0.406 e. The van der Waals surface area contributed by atoms with E-state index in [1.54, 1.807) is 0 Å². The largest absolute Gasteiger partial charge is 0.573 e. The molecule has 1 atom stereocenters. The normalized spacial score (nSPS) is 13.7. The van der Waals surface area contributed by atoms with E-state index in [0.717, 1.165) is 24.3 Å². The number of hydrogen-bond donors (Lipinski definition) is 2. The van der Waals surface area contributed by atoms with Crippen LogP contribution in [0.2, 0.25) is 0 Å². The molecule has 0 spiro atoms. The highest BCUT2D eigenvalue weighted by atomic mass is 32.2. The molecule has 10 heteroatoms. The van der Waals surface area contributed by atoms with Crippen LogP contribution in [0.3, 0.4) is 0 Å². The molecule has 0 heterocycles. The minimum Gasteiger partial charge on any atom is -0.406 e. The fraction of sp³-hybridized carbons (Fsp3) is 0.364. The number of carbonyl (C=O) groups excluding carboxylic acids is 1. The second-order valence-electron chi connectivity index (χ2n) is 4.21. The Morgan fingerprint density at radius 1 is 1.33 bits per heavy atom. The van der Waals surface area contributed by atoms with Crippen molar-refractivity contribution in [3.8, 4) is 5.75 Å². The Morgan fingerprint density at radius 2 is 1.86 bits per heavy atom. The van der Waals surface area contributed by atoms with Crippen LogP contribution in [0.5, 0.6) is 5.75 Å². The molecule has 0 aliphatic rings. The minimum absolute atomic E-state index is 0.200. The van der Waals surface area contributed by atoms with E-state index in [1.165, 1.54) is 6.92 Å². The molecule has 118 valence electrons. The van der Waals surface area contributed by atoms with E-state index in [0.29, 0.717) is 0 Å². The highest BCUT2D eigenvalue weighted by Crippen LogP contribution is 2.23. The van der Waals surface area contributed by atoms with Crippen molar-refractivity contribution in [1.82, 2.24) is 4.72 Å². The number of hydrogen-bond acceptors (Lipinski definition) is 4. The Bertz CT molecular complexity index is 599. The summed E-state index contributed by atoms with van der Waals surface area (Å²) in [5.74, 6) is -1.22. The highest BCUT2D eigenvalue weighted by Gasteiger charge is 2.31. The lowest BCUT2D eigenvalue weighted by atomic mass is 10.2. The van der Waals surface area contributed by atoms with Gasteiger partial charge in [-0.3, -0.25) is 4.79 Å². The number of nitrogens with one attached hydrogen (secondary N) is 1. The first-order valence-corrected chi connectivity index (χ1v) is 7.14. The van der Waals surface area contributed by atoms with Crippen molar-refractivity contribution in [1.29, 1.82) is 0 Å². The summed E-state index contributed by atoms with van der Waals surface area (Å²) in [5.41, 5.74) is 4.93.